The van der Waals surface area contributed by atoms with Gasteiger partial charge in [0, 0.05) is 13.1 Å². The highest BCUT2D eigenvalue weighted by molar-refractivity contribution is 7.89. The summed E-state index contributed by atoms with van der Waals surface area (Å²) in [7, 11) is -2.19. The number of β-amino-alcohol motifs (C(OH)–C–C–N with tert-alkyl or cyclic N) is 1. The summed E-state index contributed by atoms with van der Waals surface area (Å²) in [6, 6.07) is 4.39. The molecule has 1 aromatic carbocycles. The van der Waals surface area contributed by atoms with Crippen molar-refractivity contribution in [1.29, 1.82) is 0 Å². The van der Waals surface area contributed by atoms with Crippen LogP contribution in [0, 0.1) is 11.8 Å². The highest BCUT2D eigenvalue weighted by Crippen LogP contribution is 2.26. The Morgan fingerprint density at radius 1 is 1.48 bits per heavy atom. The maximum atomic E-state index is 12.5. The Hall–Kier alpha value is -1.59. The lowest BCUT2D eigenvalue weighted by Crippen LogP contribution is -2.29. The summed E-state index contributed by atoms with van der Waals surface area (Å²) in [5.74, 6) is 5.58. The van der Waals surface area contributed by atoms with Crippen molar-refractivity contribution in [2.24, 2.45) is 0 Å². The zero-order chi connectivity index (χ0) is 15.5. The highest BCUT2D eigenvalue weighted by Gasteiger charge is 2.31. The molecule has 1 aromatic rings. The van der Waals surface area contributed by atoms with Gasteiger partial charge in [-0.15, -0.1) is 0 Å². The third kappa shape index (κ3) is 3.36. The molecule has 1 atom stereocenters. The second-order valence-electron chi connectivity index (χ2n) is 4.63. The lowest BCUT2D eigenvalue weighted by molar-refractivity contribution is 0.189. The summed E-state index contributed by atoms with van der Waals surface area (Å²) in [5.41, 5.74) is 0.396. The smallest absolute Gasteiger partial charge is 0.243 e. The van der Waals surface area contributed by atoms with Crippen LogP contribution in [0.4, 0.5) is 0 Å². The van der Waals surface area contributed by atoms with E-state index >= 15 is 0 Å². The molecule has 6 nitrogen and oxygen atoms in total. The van der Waals surface area contributed by atoms with Crippen LogP contribution in [0.3, 0.4) is 0 Å². The molecule has 7 heteroatoms. The van der Waals surface area contributed by atoms with E-state index in [1.54, 1.807) is 0 Å². The molecule has 0 spiro atoms. The second kappa shape index (κ2) is 6.45. The largest absolute Gasteiger partial charge is 0.495 e. The lowest BCUT2D eigenvalue weighted by atomic mass is 10.2. The van der Waals surface area contributed by atoms with Crippen LogP contribution in [0.25, 0.3) is 0 Å². The molecule has 0 amide bonds. The van der Waals surface area contributed by atoms with Gasteiger partial charge in [0.15, 0.2) is 0 Å². The van der Waals surface area contributed by atoms with E-state index in [0.29, 0.717) is 24.3 Å². The van der Waals surface area contributed by atoms with Crippen molar-refractivity contribution in [3.63, 3.8) is 0 Å². The van der Waals surface area contributed by atoms with Crippen molar-refractivity contribution >= 4 is 10.0 Å². The predicted octanol–water partition coefficient (Wildman–Crippen LogP) is -0.206. The quantitative estimate of drug-likeness (QED) is 0.755. The number of benzene rings is 1. The van der Waals surface area contributed by atoms with Crippen molar-refractivity contribution in [2.45, 2.75) is 17.4 Å². The van der Waals surface area contributed by atoms with Crippen molar-refractivity contribution in [3.05, 3.63) is 23.8 Å². The first-order valence-corrected chi connectivity index (χ1v) is 7.89. The number of hydrogen-bond acceptors (Lipinski definition) is 5. The molecule has 1 fully saturated rings. The van der Waals surface area contributed by atoms with Crippen LogP contribution >= 0.6 is 0 Å². The second-order valence-corrected chi connectivity index (χ2v) is 6.57. The predicted molar refractivity (Wildman–Crippen MR) is 76.3 cm³/mol. The summed E-state index contributed by atoms with van der Waals surface area (Å²) in [6.07, 6.45) is -0.182. The lowest BCUT2D eigenvalue weighted by Gasteiger charge is -2.16. The molecule has 0 radical (unpaired) electrons. The molecule has 114 valence electrons. The minimum absolute atomic E-state index is 0.0969. The van der Waals surface area contributed by atoms with Gasteiger partial charge in [0.25, 0.3) is 0 Å². The van der Waals surface area contributed by atoms with Crippen molar-refractivity contribution in [3.8, 4) is 17.6 Å². The molecule has 1 heterocycles. The van der Waals surface area contributed by atoms with E-state index in [-0.39, 0.29) is 18.0 Å². The number of methoxy groups -OCH3 is 1. The average molecular weight is 311 g/mol. The maximum Gasteiger partial charge on any atom is 0.243 e. The van der Waals surface area contributed by atoms with E-state index in [1.807, 2.05) is 0 Å². The minimum atomic E-state index is -3.66. The first-order valence-electron chi connectivity index (χ1n) is 6.45. The van der Waals surface area contributed by atoms with Gasteiger partial charge in [-0.3, -0.25) is 0 Å². The van der Waals surface area contributed by atoms with E-state index in [0.717, 1.165) is 0 Å². The third-order valence-electron chi connectivity index (χ3n) is 3.24. The first-order chi connectivity index (χ1) is 9.98. The van der Waals surface area contributed by atoms with Crippen molar-refractivity contribution < 1.29 is 23.4 Å². The fraction of sp³-hybridized carbons (Fsp3) is 0.429. The standard InChI is InChI=1S/C14H17NO5S/c1-20-14-5-4-13(9-11(14)3-2-8-16)21(18,19)15-7-6-12(17)10-15/h4-5,9,12,16-17H,6-8,10H2,1H3. The molecule has 1 unspecified atom stereocenters. The van der Waals surface area contributed by atoms with Crippen LogP contribution < -0.4 is 4.74 Å². The van der Waals surface area contributed by atoms with E-state index in [4.69, 9.17) is 9.84 Å². The van der Waals surface area contributed by atoms with Gasteiger partial charge in [0.2, 0.25) is 10.0 Å². The van der Waals surface area contributed by atoms with Crippen LogP contribution in [0.15, 0.2) is 23.1 Å². The summed E-state index contributed by atoms with van der Waals surface area (Å²) < 4.78 is 31.3. The maximum absolute atomic E-state index is 12.5. The van der Waals surface area contributed by atoms with Crippen LogP contribution in [0.5, 0.6) is 5.75 Å². The fourth-order valence-electron chi connectivity index (χ4n) is 2.16. The highest BCUT2D eigenvalue weighted by atomic mass is 32.2. The number of aliphatic hydroxyl groups excluding tert-OH is 2. The van der Waals surface area contributed by atoms with Gasteiger partial charge in [-0.25, -0.2) is 8.42 Å². The fourth-order valence-corrected chi connectivity index (χ4v) is 3.68. The van der Waals surface area contributed by atoms with Crippen LogP contribution in [-0.4, -0.2) is 55.8 Å². The summed E-state index contributed by atoms with van der Waals surface area (Å²) in [4.78, 5) is 0.0969. The van der Waals surface area contributed by atoms with Gasteiger partial charge in [-0.1, -0.05) is 11.8 Å². The number of nitrogens with zero attached hydrogens (tertiary/aromatic N) is 1. The molecule has 1 aliphatic heterocycles. The summed E-state index contributed by atoms with van der Waals surface area (Å²) >= 11 is 0. The van der Waals surface area contributed by atoms with Crippen LogP contribution in [0.2, 0.25) is 0 Å². The normalized spacial score (nSPS) is 19.1. The molecule has 0 aromatic heterocycles. The molecule has 0 bridgehead atoms. The molecule has 21 heavy (non-hydrogen) atoms. The SMILES string of the molecule is COc1ccc(S(=O)(=O)N2CCC(O)C2)cc1C#CCO. The van der Waals surface area contributed by atoms with Crippen molar-refractivity contribution in [2.75, 3.05) is 26.8 Å². The van der Waals surface area contributed by atoms with Gasteiger partial charge in [0.05, 0.1) is 23.7 Å². The minimum Gasteiger partial charge on any atom is -0.495 e. The Kier molecular flexibility index (Phi) is 4.85. The molecular formula is C14H17NO5S. The van der Waals surface area contributed by atoms with Gasteiger partial charge in [-0.05, 0) is 24.6 Å². The van der Waals surface area contributed by atoms with Crippen molar-refractivity contribution in [1.82, 2.24) is 4.31 Å². The van der Waals surface area contributed by atoms with Crippen LogP contribution in [0.1, 0.15) is 12.0 Å². The molecular weight excluding hydrogens is 294 g/mol. The average Bonchev–Trinajstić information content (AvgIpc) is 2.92. The van der Waals surface area contributed by atoms with Gasteiger partial charge in [0.1, 0.15) is 12.4 Å². The number of hydrogen-bond donors (Lipinski definition) is 2. The number of sulfonamides is 1. The van der Waals surface area contributed by atoms with E-state index < -0.39 is 16.1 Å². The third-order valence-corrected chi connectivity index (χ3v) is 5.10. The van der Waals surface area contributed by atoms with Crippen LogP contribution in [-0.2, 0) is 10.0 Å². The Balaban J connectivity index is 2.40. The van der Waals surface area contributed by atoms with E-state index in [2.05, 4.69) is 11.8 Å². The van der Waals surface area contributed by atoms with Gasteiger partial charge >= 0.3 is 0 Å². The Bertz CT molecular complexity index is 674. The monoisotopic (exact) mass is 311 g/mol. The number of rotatable bonds is 3. The van der Waals surface area contributed by atoms with Gasteiger partial charge in [-0.2, -0.15) is 4.31 Å². The van der Waals surface area contributed by atoms with E-state index in [1.165, 1.54) is 29.6 Å². The molecule has 0 saturated carbocycles. The topological polar surface area (TPSA) is 87.1 Å². The molecule has 1 saturated heterocycles. The zero-order valence-corrected chi connectivity index (χ0v) is 12.4. The Labute approximate surface area is 124 Å². The van der Waals surface area contributed by atoms with E-state index in [9.17, 15) is 13.5 Å². The Morgan fingerprint density at radius 3 is 2.81 bits per heavy atom. The summed E-state index contributed by atoms with van der Waals surface area (Å²) in [6.45, 7) is 0.0810. The molecule has 1 aliphatic rings. The molecule has 0 aliphatic carbocycles. The Morgan fingerprint density at radius 2 is 2.24 bits per heavy atom. The molecule has 2 N–H and O–H groups in total. The number of aliphatic hydroxyl groups is 2. The zero-order valence-electron chi connectivity index (χ0n) is 11.6. The summed E-state index contributed by atoms with van der Waals surface area (Å²) in [5, 5.41) is 18.2. The van der Waals surface area contributed by atoms with Gasteiger partial charge < -0.3 is 14.9 Å². The first kappa shape index (κ1) is 15.8. The molecule has 2 rings (SSSR count). The number of ether oxygens (including phenoxy) is 1.